The highest BCUT2D eigenvalue weighted by Crippen LogP contribution is 2.28. The smallest absolute Gasteiger partial charge is 0.351 e. The van der Waals surface area contributed by atoms with Crippen LogP contribution in [-0.2, 0) is 14.4 Å². The van der Waals surface area contributed by atoms with Gasteiger partial charge in [-0.05, 0) is 12.3 Å². The molecular weight excluding hydrogens is 334 g/mol. The maximum atomic E-state index is 12.1. The molecule has 140 valence electrons. The molecule has 4 atom stereocenters. The van der Waals surface area contributed by atoms with E-state index in [1.54, 1.807) is 0 Å². The van der Waals surface area contributed by atoms with E-state index in [1.165, 1.54) is 12.3 Å². The Morgan fingerprint density at radius 1 is 1.44 bits per heavy atom. The zero-order valence-electron chi connectivity index (χ0n) is 14.0. The van der Waals surface area contributed by atoms with Crippen LogP contribution < -0.4 is 11.2 Å². The van der Waals surface area contributed by atoms with Gasteiger partial charge in [0.15, 0.2) is 12.0 Å². The third-order valence-electron chi connectivity index (χ3n) is 3.82. The molecule has 0 aromatic carbocycles. The molecule has 0 spiro atoms. The fourth-order valence-corrected chi connectivity index (χ4v) is 2.34. The summed E-state index contributed by atoms with van der Waals surface area (Å²) in [5.74, 6) is -0.0837. The summed E-state index contributed by atoms with van der Waals surface area (Å²) in [5.41, 5.74) is 1.52. The minimum absolute atomic E-state index is 0.0193. The molecule has 2 heterocycles. The molecule has 0 aliphatic carbocycles. The Bertz CT molecular complexity index is 648. The average Bonchev–Trinajstić information content (AvgIpc) is 2.86. The van der Waals surface area contributed by atoms with E-state index in [1.807, 2.05) is 13.8 Å². The lowest BCUT2D eigenvalue weighted by Crippen LogP contribution is -2.36. The summed E-state index contributed by atoms with van der Waals surface area (Å²) >= 11 is 0. The predicted molar refractivity (Wildman–Crippen MR) is 85.3 cm³/mol. The lowest BCUT2D eigenvalue weighted by molar-refractivity contribution is -0.141. The van der Waals surface area contributed by atoms with Crippen molar-refractivity contribution in [2.75, 3.05) is 12.1 Å². The van der Waals surface area contributed by atoms with Crippen LogP contribution in [0.1, 0.15) is 32.9 Å². The molecule has 0 radical (unpaired) electrons. The van der Waals surface area contributed by atoms with Gasteiger partial charge in [0.25, 0.3) is 0 Å². The van der Waals surface area contributed by atoms with Crippen molar-refractivity contribution in [1.82, 2.24) is 9.55 Å². The van der Waals surface area contributed by atoms with Gasteiger partial charge in [0, 0.05) is 18.7 Å². The SMILES string of the molecule is CC(C)CCC(=O)ONc1ccn([C@@H]2O[C@H](CO)[C@@H](O)[C@H]2O)c(=O)n1. The molecule has 25 heavy (non-hydrogen) atoms. The number of carbonyl (C=O) groups excluding carboxylic acids is 1. The number of nitrogens with one attached hydrogen (secondary N) is 1. The molecule has 0 bridgehead atoms. The number of ether oxygens (including phenoxy) is 1. The maximum absolute atomic E-state index is 12.1. The lowest BCUT2D eigenvalue weighted by Gasteiger charge is -2.17. The number of anilines is 1. The molecule has 10 heteroatoms. The Hall–Kier alpha value is -2.01. The molecule has 1 saturated heterocycles. The third kappa shape index (κ3) is 4.75. The fourth-order valence-electron chi connectivity index (χ4n) is 2.34. The van der Waals surface area contributed by atoms with Crippen LogP contribution in [0, 0.1) is 5.92 Å². The molecule has 0 amide bonds. The Morgan fingerprint density at radius 2 is 2.16 bits per heavy atom. The van der Waals surface area contributed by atoms with Crippen molar-refractivity contribution in [3.63, 3.8) is 0 Å². The number of rotatable bonds is 7. The summed E-state index contributed by atoms with van der Waals surface area (Å²) in [5, 5.41) is 28.7. The average molecular weight is 357 g/mol. The van der Waals surface area contributed by atoms with Gasteiger partial charge >= 0.3 is 11.7 Å². The quantitative estimate of drug-likeness (QED) is 0.459. The van der Waals surface area contributed by atoms with Crippen molar-refractivity contribution in [2.24, 2.45) is 5.92 Å². The molecule has 1 aromatic heterocycles. The molecular formula is C15H23N3O7. The van der Waals surface area contributed by atoms with Crippen LogP contribution >= 0.6 is 0 Å². The number of nitrogens with zero attached hydrogens (tertiary/aromatic N) is 2. The van der Waals surface area contributed by atoms with Crippen molar-refractivity contribution >= 4 is 11.8 Å². The summed E-state index contributed by atoms with van der Waals surface area (Å²) in [4.78, 5) is 32.1. The van der Waals surface area contributed by atoms with Gasteiger partial charge in [-0.25, -0.2) is 15.1 Å². The van der Waals surface area contributed by atoms with E-state index in [0.717, 1.165) is 4.57 Å². The molecule has 1 fully saturated rings. The number of hydrogen-bond donors (Lipinski definition) is 4. The third-order valence-corrected chi connectivity index (χ3v) is 3.82. The lowest BCUT2D eigenvalue weighted by atomic mass is 10.1. The zero-order valence-corrected chi connectivity index (χ0v) is 14.0. The molecule has 1 aromatic rings. The monoisotopic (exact) mass is 357 g/mol. The van der Waals surface area contributed by atoms with Gasteiger partial charge in [0.05, 0.1) is 6.61 Å². The summed E-state index contributed by atoms with van der Waals surface area (Å²) in [6, 6.07) is 1.35. The number of aromatic nitrogens is 2. The van der Waals surface area contributed by atoms with E-state index >= 15 is 0 Å². The molecule has 1 aliphatic rings. The van der Waals surface area contributed by atoms with Crippen molar-refractivity contribution in [2.45, 2.75) is 51.2 Å². The topological polar surface area (TPSA) is 143 Å². The van der Waals surface area contributed by atoms with Crippen LogP contribution in [0.5, 0.6) is 0 Å². The first kappa shape index (κ1) is 19.3. The van der Waals surface area contributed by atoms with E-state index in [2.05, 4.69) is 10.5 Å². The highest BCUT2D eigenvalue weighted by Gasteiger charge is 2.43. The molecule has 1 aliphatic heterocycles. The van der Waals surface area contributed by atoms with Crippen molar-refractivity contribution in [3.8, 4) is 0 Å². The molecule has 2 rings (SSSR count). The summed E-state index contributed by atoms with van der Waals surface area (Å²) in [6.45, 7) is 3.47. The van der Waals surface area contributed by atoms with Crippen LogP contribution in [-0.4, -0.2) is 55.8 Å². The Kier molecular flexibility index (Phi) is 6.48. The second-order valence-corrected chi connectivity index (χ2v) is 6.24. The first-order valence-corrected chi connectivity index (χ1v) is 8.00. The number of hydrogen-bond acceptors (Lipinski definition) is 9. The van der Waals surface area contributed by atoms with Crippen LogP contribution in [0.15, 0.2) is 17.1 Å². The number of aliphatic hydroxyl groups excluding tert-OH is 3. The van der Waals surface area contributed by atoms with Crippen LogP contribution in [0.4, 0.5) is 5.82 Å². The fraction of sp³-hybridized carbons (Fsp3) is 0.667. The van der Waals surface area contributed by atoms with E-state index < -0.39 is 42.8 Å². The predicted octanol–water partition coefficient (Wildman–Crippen LogP) is -0.839. The van der Waals surface area contributed by atoms with Gasteiger partial charge in [-0.1, -0.05) is 13.8 Å². The first-order chi connectivity index (χ1) is 11.8. The normalized spacial score (nSPS) is 26.0. The summed E-state index contributed by atoms with van der Waals surface area (Å²) < 4.78 is 6.24. The maximum Gasteiger partial charge on any atom is 0.351 e. The van der Waals surface area contributed by atoms with Gasteiger partial charge in [-0.2, -0.15) is 4.98 Å². The number of carbonyl (C=O) groups is 1. The van der Waals surface area contributed by atoms with E-state index in [4.69, 9.17) is 14.7 Å². The van der Waals surface area contributed by atoms with Gasteiger partial charge < -0.3 is 24.9 Å². The molecule has 0 unspecified atom stereocenters. The Balaban J connectivity index is 1.99. The minimum atomic E-state index is -1.38. The Labute approximate surface area is 144 Å². The molecule has 4 N–H and O–H groups in total. The molecule has 0 saturated carbocycles. The van der Waals surface area contributed by atoms with E-state index in [-0.39, 0.29) is 12.2 Å². The minimum Gasteiger partial charge on any atom is -0.394 e. The molecule has 10 nitrogen and oxygen atoms in total. The van der Waals surface area contributed by atoms with Crippen molar-refractivity contribution in [1.29, 1.82) is 0 Å². The van der Waals surface area contributed by atoms with Crippen LogP contribution in [0.2, 0.25) is 0 Å². The Morgan fingerprint density at radius 3 is 2.72 bits per heavy atom. The van der Waals surface area contributed by atoms with Crippen LogP contribution in [0.3, 0.4) is 0 Å². The largest absolute Gasteiger partial charge is 0.394 e. The second-order valence-electron chi connectivity index (χ2n) is 6.24. The zero-order chi connectivity index (χ0) is 18.6. The van der Waals surface area contributed by atoms with Gasteiger partial charge in [-0.3, -0.25) is 4.57 Å². The van der Waals surface area contributed by atoms with Crippen molar-refractivity contribution < 1.29 is 29.7 Å². The summed E-state index contributed by atoms with van der Waals surface area (Å²) in [7, 11) is 0. The van der Waals surface area contributed by atoms with Gasteiger partial charge in [-0.15, -0.1) is 0 Å². The van der Waals surface area contributed by atoms with Crippen LogP contribution in [0.25, 0.3) is 0 Å². The highest BCUT2D eigenvalue weighted by molar-refractivity contribution is 5.70. The first-order valence-electron chi connectivity index (χ1n) is 8.00. The second kappa shape index (κ2) is 8.39. The number of aliphatic hydroxyl groups is 3. The van der Waals surface area contributed by atoms with E-state index in [9.17, 15) is 19.8 Å². The van der Waals surface area contributed by atoms with Crippen molar-refractivity contribution in [3.05, 3.63) is 22.7 Å². The van der Waals surface area contributed by atoms with Gasteiger partial charge in [0.1, 0.15) is 18.3 Å². The highest BCUT2D eigenvalue weighted by atomic mass is 16.7. The van der Waals surface area contributed by atoms with Gasteiger partial charge in [0.2, 0.25) is 0 Å². The summed E-state index contributed by atoms with van der Waals surface area (Å²) in [6.07, 6.45) is -2.67. The van der Waals surface area contributed by atoms with E-state index in [0.29, 0.717) is 12.3 Å². The standard InChI is InChI=1S/C15H23N3O7/c1-8(2)3-4-11(20)25-17-10-5-6-18(15(23)16-10)14-13(22)12(21)9(7-19)24-14/h5-6,8-9,12-14,19,21-22H,3-4,7H2,1-2H3,(H,16,17,23)/t9-,12-,13-,14-/m1/s1.